The summed E-state index contributed by atoms with van der Waals surface area (Å²) in [6.45, 7) is 2.25. The molecule has 0 saturated carbocycles. The van der Waals surface area contributed by atoms with Crippen molar-refractivity contribution in [1.29, 1.82) is 0 Å². The monoisotopic (exact) mass is 456 g/mol. The Kier molecular flexibility index (Phi) is 15.4. The second-order valence-electron chi connectivity index (χ2n) is 7.79. The second-order valence-corrected chi connectivity index (χ2v) is 10.5. The van der Waals surface area contributed by atoms with Gasteiger partial charge in [-0.15, -0.1) is 0 Å². The zero-order valence-electron chi connectivity index (χ0n) is 17.7. The summed E-state index contributed by atoms with van der Waals surface area (Å²) in [5.74, 6) is -0.698. The van der Waals surface area contributed by atoms with Crippen LogP contribution in [0.1, 0.15) is 96.8 Å². The number of aliphatic hydroxyl groups excluding tert-OH is 1. The molecule has 0 aliphatic carbocycles. The molecular formula is C24H40O3Se. The summed E-state index contributed by atoms with van der Waals surface area (Å²) < 4.78 is 1.39. The van der Waals surface area contributed by atoms with E-state index in [1.54, 1.807) is 0 Å². The van der Waals surface area contributed by atoms with Crippen molar-refractivity contribution in [2.45, 2.75) is 108 Å². The van der Waals surface area contributed by atoms with Crippen molar-refractivity contribution in [3.8, 4) is 0 Å². The van der Waals surface area contributed by atoms with Gasteiger partial charge >= 0.3 is 178 Å². The van der Waals surface area contributed by atoms with Gasteiger partial charge in [-0.05, 0) is 0 Å². The standard InChI is InChI=1S/C24H40O3Se/c1-2-3-4-5-8-14-19-23(28-21-16-11-10-12-17-21)22(25)18-13-7-6-9-15-20-24(26)27/h10-12,16-17,22-23,25H,2-9,13-15,18-20H2,1H3,(H,26,27). The molecule has 0 saturated heterocycles. The van der Waals surface area contributed by atoms with Gasteiger partial charge in [-0.25, -0.2) is 0 Å². The zero-order valence-corrected chi connectivity index (χ0v) is 19.4. The molecule has 3 nitrogen and oxygen atoms in total. The molecule has 2 N–H and O–H groups in total. The molecule has 0 spiro atoms. The first-order valence-corrected chi connectivity index (χ1v) is 13.1. The van der Waals surface area contributed by atoms with E-state index in [1.165, 1.54) is 43.0 Å². The summed E-state index contributed by atoms with van der Waals surface area (Å²) in [6.07, 6.45) is 14.9. The Labute approximate surface area is 178 Å². The maximum atomic E-state index is 10.8. The molecule has 0 radical (unpaired) electrons. The van der Waals surface area contributed by atoms with E-state index in [-0.39, 0.29) is 12.5 Å². The number of carboxylic acid groups (broad SMARTS) is 1. The average molecular weight is 456 g/mol. The molecule has 2 unspecified atom stereocenters. The summed E-state index contributed by atoms with van der Waals surface area (Å²) >= 11 is 0.325. The van der Waals surface area contributed by atoms with Crippen LogP contribution < -0.4 is 4.46 Å². The van der Waals surface area contributed by atoms with Crippen LogP contribution >= 0.6 is 0 Å². The van der Waals surface area contributed by atoms with Gasteiger partial charge in [0.15, 0.2) is 0 Å². The third-order valence-corrected chi connectivity index (χ3v) is 8.12. The zero-order chi connectivity index (χ0) is 20.5. The Morgan fingerprint density at radius 1 is 0.857 bits per heavy atom. The van der Waals surface area contributed by atoms with Gasteiger partial charge in [-0.2, -0.15) is 0 Å². The van der Waals surface area contributed by atoms with Gasteiger partial charge in [0.2, 0.25) is 0 Å². The fourth-order valence-corrected chi connectivity index (χ4v) is 6.08. The Morgan fingerprint density at radius 3 is 2.07 bits per heavy atom. The molecule has 28 heavy (non-hydrogen) atoms. The van der Waals surface area contributed by atoms with E-state index in [2.05, 4.69) is 37.3 Å². The Bertz CT molecular complexity index is 492. The molecule has 0 heterocycles. The number of aliphatic carboxylic acids is 1. The first-order valence-electron chi connectivity index (χ1n) is 11.2. The van der Waals surface area contributed by atoms with E-state index >= 15 is 0 Å². The van der Waals surface area contributed by atoms with Gasteiger partial charge < -0.3 is 0 Å². The van der Waals surface area contributed by atoms with Crippen LogP contribution in [0.15, 0.2) is 30.3 Å². The third-order valence-electron chi connectivity index (χ3n) is 5.19. The van der Waals surface area contributed by atoms with E-state index in [0.717, 1.165) is 44.9 Å². The van der Waals surface area contributed by atoms with Crippen molar-refractivity contribution in [3.05, 3.63) is 30.3 Å². The molecule has 0 aliphatic heterocycles. The summed E-state index contributed by atoms with van der Waals surface area (Å²) in [4.78, 5) is 10.9. The predicted octanol–water partition coefficient (Wildman–Crippen LogP) is 5.73. The van der Waals surface area contributed by atoms with Crippen LogP contribution in [0, 0.1) is 0 Å². The molecule has 4 heteroatoms. The van der Waals surface area contributed by atoms with Gasteiger partial charge in [0.05, 0.1) is 0 Å². The molecule has 0 fully saturated rings. The molecule has 0 amide bonds. The minimum absolute atomic E-state index is 0.199. The van der Waals surface area contributed by atoms with E-state index in [1.807, 2.05) is 0 Å². The molecule has 0 bridgehead atoms. The van der Waals surface area contributed by atoms with Crippen molar-refractivity contribution < 1.29 is 15.0 Å². The van der Waals surface area contributed by atoms with Crippen LogP contribution in [0.3, 0.4) is 0 Å². The molecule has 1 aromatic rings. The number of benzene rings is 1. The molecule has 0 aromatic heterocycles. The predicted molar refractivity (Wildman–Crippen MR) is 120 cm³/mol. The topological polar surface area (TPSA) is 57.5 Å². The van der Waals surface area contributed by atoms with Crippen LogP contribution in [0.25, 0.3) is 0 Å². The molecule has 1 rings (SSSR count). The van der Waals surface area contributed by atoms with Crippen LogP contribution in [-0.2, 0) is 4.79 Å². The molecular weight excluding hydrogens is 415 g/mol. The second kappa shape index (κ2) is 17.1. The first-order chi connectivity index (χ1) is 13.6. The van der Waals surface area contributed by atoms with Gasteiger partial charge in [-0.3, -0.25) is 0 Å². The first kappa shape index (κ1) is 25.2. The minimum atomic E-state index is -0.698. The Balaban J connectivity index is 2.32. The van der Waals surface area contributed by atoms with Gasteiger partial charge in [0.25, 0.3) is 0 Å². The third kappa shape index (κ3) is 13.4. The maximum absolute atomic E-state index is 10.8. The van der Waals surface area contributed by atoms with Crippen LogP contribution in [-0.4, -0.2) is 37.2 Å². The van der Waals surface area contributed by atoms with Gasteiger partial charge in [0.1, 0.15) is 0 Å². The van der Waals surface area contributed by atoms with Crippen LogP contribution in [0.2, 0.25) is 4.82 Å². The number of carboxylic acids is 1. The van der Waals surface area contributed by atoms with Crippen molar-refractivity contribution in [3.63, 3.8) is 0 Å². The van der Waals surface area contributed by atoms with Crippen molar-refractivity contribution in [2.75, 3.05) is 0 Å². The van der Waals surface area contributed by atoms with Crippen molar-refractivity contribution in [1.82, 2.24) is 0 Å². The van der Waals surface area contributed by atoms with Gasteiger partial charge in [0, 0.05) is 0 Å². The van der Waals surface area contributed by atoms with E-state index in [0.29, 0.717) is 19.8 Å². The number of unbranched alkanes of at least 4 members (excludes halogenated alkanes) is 9. The van der Waals surface area contributed by atoms with E-state index < -0.39 is 5.97 Å². The summed E-state index contributed by atoms with van der Waals surface area (Å²) in [5, 5.41) is 19.5. The molecule has 2 atom stereocenters. The van der Waals surface area contributed by atoms with E-state index in [4.69, 9.17) is 5.11 Å². The number of hydrogen-bond acceptors (Lipinski definition) is 2. The number of carbonyl (C=O) groups is 1. The fraction of sp³-hybridized carbons (Fsp3) is 0.708. The quantitative estimate of drug-likeness (QED) is 0.220. The Morgan fingerprint density at radius 2 is 1.43 bits per heavy atom. The molecule has 160 valence electrons. The van der Waals surface area contributed by atoms with Crippen LogP contribution in [0.5, 0.6) is 0 Å². The van der Waals surface area contributed by atoms with Crippen molar-refractivity contribution in [2.24, 2.45) is 0 Å². The van der Waals surface area contributed by atoms with Crippen molar-refractivity contribution >= 4 is 25.4 Å². The number of rotatable bonds is 18. The summed E-state index contributed by atoms with van der Waals surface area (Å²) in [5.41, 5.74) is 0. The van der Waals surface area contributed by atoms with Crippen LogP contribution in [0.4, 0.5) is 0 Å². The normalized spacial score (nSPS) is 13.4. The van der Waals surface area contributed by atoms with Gasteiger partial charge in [-0.1, -0.05) is 0 Å². The SMILES string of the molecule is CCCCCCCCC([Se]c1ccccc1)C(O)CCCCCCCC(=O)O. The number of hydrogen-bond donors (Lipinski definition) is 2. The molecule has 0 aliphatic rings. The summed E-state index contributed by atoms with van der Waals surface area (Å²) in [7, 11) is 0. The Hall–Kier alpha value is -0.831. The van der Waals surface area contributed by atoms with E-state index in [9.17, 15) is 9.90 Å². The molecule has 1 aromatic carbocycles. The fourth-order valence-electron chi connectivity index (χ4n) is 3.48. The summed E-state index contributed by atoms with van der Waals surface area (Å²) in [6, 6.07) is 10.7. The number of aliphatic hydroxyl groups is 1. The average Bonchev–Trinajstić information content (AvgIpc) is 2.69.